The summed E-state index contributed by atoms with van der Waals surface area (Å²) >= 11 is 0. The van der Waals surface area contributed by atoms with Crippen molar-refractivity contribution in [3.05, 3.63) is 11.6 Å². The summed E-state index contributed by atoms with van der Waals surface area (Å²) in [5.41, 5.74) is 1.26. The number of ether oxygens (including phenoxy) is 1. The van der Waals surface area contributed by atoms with Gasteiger partial charge < -0.3 is 14.7 Å². The van der Waals surface area contributed by atoms with Crippen LogP contribution in [-0.4, -0.2) is 54.6 Å². The predicted octanol–water partition coefficient (Wildman–Crippen LogP) is 3.74. The molecule has 7 atom stereocenters. The fraction of sp³-hybridized carbons (Fsp3) is 0.840. The Morgan fingerprint density at radius 2 is 1.97 bits per heavy atom. The lowest BCUT2D eigenvalue weighted by Gasteiger charge is -2.58. The number of esters is 1. The zero-order valence-electron chi connectivity index (χ0n) is 19.2. The zero-order valence-corrected chi connectivity index (χ0v) is 19.2. The maximum atomic E-state index is 12.8. The van der Waals surface area contributed by atoms with Gasteiger partial charge in [-0.25, -0.2) is 0 Å². The first-order chi connectivity index (χ1) is 14.1. The molecule has 1 N–H and O–H groups in total. The van der Waals surface area contributed by atoms with Crippen molar-refractivity contribution >= 4 is 11.8 Å². The molecule has 0 spiro atoms. The summed E-state index contributed by atoms with van der Waals surface area (Å²) in [7, 11) is 3.97. The van der Waals surface area contributed by atoms with E-state index in [2.05, 4.69) is 13.8 Å². The first-order valence-electron chi connectivity index (χ1n) is 11.9. The molecule has 0 heterocycles. The van der Waals surface area contributed by atoms with Gasteiger partial charge in [0.05, 0.1) is 6.10 Å². The normalized spacial score (nSPS) is 42.9. The number of aliphatic hydroxyl groups excluding tert-OH is 1. The number of fused-ring (bicyclic) bond motifs is 5. The molecule has 5 heteroatoms. The molecule has 0 bridgehead atoms. The molecule has 4 aliphatic rings. The fourth-order valence-electron chi connectivity index (χ4n) is 7.43. The molecule has 0 amide bonds. The number of ketones is 1. The van der Waals surface area contributed by atoms with Crippen LogP contribution in [0.5, 0.6) is 0 Å². The van der Waals surface area contributed by atoms with Crippen LogP contribution in [0.25, 0.3) is 0 Å². The fourth-order valence-corrected chi connectivity index (χ4v) is 7.43. The van der Waals surface area contributed by atoms with Crippen LogP contribution in [0.3, 0.4) is 0 Å². The van der Waals surface area contributed by atoms with Gasteiger partial charge in [0.15, 0.2) is 11.9 Å². The monoisotopic (exact) mass is 417 g/mol. The Labute approximate surface area is 181 Å². The molecule has 0 aromatic heterocycles. The van der Waals surface area contributed by atoms with E-state index in [0.29, 0.717) is 30.6 Å². The lowest BCUT2D eigenvalue weighted by molar-refractivity contribution is -0.158. The van der Waals surface area contributed by atoms with E-state index in [1.807, 2.05) is 25.1 Å². The standard InChI is InChI=1S/C25H39NO4/c1-24-12-11-19-17(18(24)9-10-22(24)28)8-7-16-14-20(27)21(15-25(16,19)2)30-23(29)6-5-13-26(3)4/h14,17-19,21-22,28H,5-13,15H2,1-4H3/t17?,18?,19?,21?,22-,24-,25-/m0/s1. The quantitative estimate of drug-likeness (QED) is 0.690. The molecule has 0 saturated heterocycles. The van der Waals surface area contributed by atoms with Crippen molar-refractivity contribution in [2.24, 2.45) is 28.6 Å². The second-order valence-corrected chi connectivity index (χ2v) is 11.1. The van der Waals surface area contributed by atoms with Crippen molar-refractivity contribution in [3.63, 3.8) is 0 Å². The van der Waals surface area contributed by atoms with E-state index < -0.39 is 6.10 Å². The molecule has 4 unspecified atom stereocenters. The Balaban J connectivity index is 1.48. The summed E-state index contributed by atoms with van der Waals surface area (Å²) in [6.45, 7) is 5.44. The summed E-state index contributed by atoms with van der Waals surface area (Å²) in [6.07, 6.45) is 9.05. The van der Waals surface area contributed by atoms with Crippen LogP contribution in [0.15, 0.2) is 11.6 Å². The number of hydrogen-bond donors (Lipinski definition) is 1. The predicted molar refractivity (Wildman–Crippen MR) is 116 cm³/mol. The van der Waals surface area contributed by atoms with E-state index in [-0.39, 0.29) is 28.7 Å². The Kier molecular flexibility index (Phi) is 5.91. The van der Waals surface area contributed by atoms with Crippen LogP contribution in [-0.2, 0) is 14.3 Å². The van der Waals surface area contributed by atoms with Crippen LogP contribution in [0.4, 0.5) is 0 Å². The van der Waals surface area contributed by atoms with E-state index in [1.165, 1.54) is 5.57 Å². The van der Waals surface area contributed by atoms with E-state index in [9.17, 15) is 14.7 Å². The number of hydrogen-bond acceptors (Lipinski definition) is 5. The van der Waals surface area contributed by atoms with Crippen LogP contribution >= 0.6 is 0 Å². The molecule has 3 saturated carbocycles. The van der Waals surface area contributed by atoms with Crippen molar-refractivity contribution in [2.45, 2.75) is 83.8 Å². The minimum absolute atomic E-state index is 0.0289. The van der Waals surface area contributed by atoms with Gasteiger partial charge in [-0.3, -0.25) is 9.59 Å². The largest absolute Gasteiger partial charge is 0.454 e. The van der Waals surface area contributed by atoms with E-state index in [0.717, 1.165) is 51.5 Å². The highest BCUT2D eigenvalue weighted by atomic mass is 16.5. The first-order valence-corrected chi connectivity index (χ1v) is 11.9. The average Bonchev–Trinajstić information content (AvgIpc) is 2.97. The van der Waals surface area contributed by atoms with Crippen molar-refractivity contribution < 1.29 is 19.4 Å². The molecule has 0 radical (unpaired) electrons. The summed E-state index contributed by atoms with van der Waals surface area (Å²) in [5.74, 6) is 1.42. The van der Waals surface area contributed by atoms with Crippen molar-refractivity contribution in [1.82, 2.24) is 4.90 Å². The third-order valence-corrected chi connectivity index (χ3v) is 9.19. The van der Waals surface area contributed by atoms with Crippen molar-refractivity contribution in [1.29, 1.82) is 0 Å². The van der Waals surface area contributed by atoms with Gasteiger partial charge in [0.1, 0.15) is 0 Å². The van der Waals surface area contributed by atoms with Crippen molar-refractivity contribution in [3.8, 4) is 0 Å². The smallest absolute Gasteiger partial charge is 0.306 e. The zero-order chi connectivity index (χ0) is 21.7. The van der Waals surface area contributed by atoms with Gasteiger partial charge in [0.2, 0.25) is 0 Å². The third-order valence-electron chi connectivity index (χ3n) is 9.19. The topological polar surface area (TPSA) is 66.8 Å². The van der Waals surface area contributed by atoms with Crippen LogP contribution in [0, 0.1) is 28.6 Å². The summed E-state index contributed by atoms with van der Waals surface area (Å²) < 4.78 is 5.71. The highest BCUT2D eigenvalue weighted by Gasteiger charge is 2.59. The number of carbonyl (C=O) groups excluding carboxylic acids is 2. The molecule has 4 rings (SSSR count). The second-order valence-electron chi connectivity index (χ2n) is 11.1. The lowest BCUT2D eigenvalue weighted by Crippen LogP contribution is -2.53. The number of nitrogens with zero attached hydrogens (tertiary/aromatic N) is 1. The van der Waals surface area contributed by atoms with Gasteiger partial charge in [-0.2, -0.15) is 0 Å². The first kappa shape index (κ1) is 22.0. The summed E-state index contributed by atoms with van der Waals surface area (Å²) in [5, 5.41) is 10.6. The summed E-state index contributed by atoms with van der Waals surface area (Å²) in [6, 6.07) is 0. The number of allylic oxidation sites excluding steroid dienone is 1. The number of aliphatic hydroxyl groups is 1. The minimum Gasteiger partial charge on any atom is -0.454 e. The highest BCUT2D eigenvalue weighted by Crippen LogP contribution is 2.65. The Bertz CT molecular complexity index is 731. The molecule has 0 aliphatic heterocycles. The third kappa shape index (κ3) is 3.66. The van der Waals surface area contributed by atoms with Gasteiger partial charge in [0.25, 0.3) is 0 Å². The second kappa shape index (κ2) is 8.05. The van der Waals surface area contributed by atoms with Gasteiger partial charge in [-0.05, 0) is 100 Å². The van der Waals surface area contributed by atoms with Gasteiger partial charge in [0, 0.05) is 12.8 Å². The highest BCUT2D eigenvalue weighted by molar-refractivity contribution is 5.96. The van der Waals surface area contributed by atoms with Gasteiger partial charge in [-0.1, -0.05) is 19.4 Å². The maximum absolute atomic E-state index is 12.8. The van der Waals surface area contributed by atoms with E-state index >= 15 is 0 Å². The maximum Gasteiger partial charge on any atom is 0.306 e. The molecular formula is C25H39NO4. The molecule has 30 heavy (non-hydrogen) atoms. The van der Waals surface area contributed by atoms with Gasteiger partial charge in [-0.15, -0.1) is 0 Å². The van der Waals surface area contributed by atoms with E-state index in [4.69, 9.17) is 4.74 Å². The molecule has 0 aromatic carbocycles. The Hall–Kier alpha value is -1.20. The Morgan fingerprint density at radius 1 is 1.20 bits per heavy atom. The van der Waals surface area contributed by atoms with Crippen LogP contribution in [0.2, 0.25) is 0 Å². The Morgan fingerprint density at radius 3 is 2.70 bits per heavy atom. The average molecular weight is 418 g/mol. The molecule has 4 aliphatic carbocycles. The van der Waals surface area contributed by atoms with E-state index in [1.54, 1.807) is 0 Å². The number of rotatable bonds is 5. The number of carbonyl (C=O) groups is 2. The molecule has 0 aromatic rings. The summed E-state index contributed by atoms with van der Waals surface area (Å²) in [4.78, 5) is 27.2. The molecule has 5 nitrogen and oxygen atoms in total. The minimum atomic E-state index is -0.633. The molecule has 3 fully saturated rings. The lowest BCUT2D eigenvalue weighted by atomic mass is 9.47. The van der Waals surface area contributed by atoms with Crippen LogP contribution in [0.1, 0.15) is 71.6 Å². The molecular weight excluding hydrogens is 378 g/mol. The van der Waals surface area contributed by atoms with Gasteiger partial charge >= 0.3 is 5.97 Å². The van der Waals surface area contributed by atoms with Crippen molar-refractivity contribution in [2.75, 3.05) is 20.6 Å². The SMILES string of the molecule is CN(C)CCCC(=O)OC1C[C@@]2(C)C(=CC1=O)CCC1C2CC[C@@]2(C)C1CC[C@@H]2O. The van der Waals surface area contributed by atoms with Crippen LogP contribution < -0.4 is 0 Å². The molecule has 168 valence electrons.